The summed E-state index contributed by atoms with van der Waals surface area (Å²) in [6.07, 6.45) is 6.95. The van der Waals surface area contributed by atoms with Crippen LogP contribution in [0.5, 0.6) is 0 Å². The minimum Gasteiger partial charge on any atom is -0.352 e. The van der Waals surface area contributed by atoms with Crippen LogP contribution in [0, 0.1) is 0 Å². The number of pyridine rings is 2. The standard InChI is InChI=1S/C22H24N6O2S/c1-27(2)12-17(29)25-13-5-9-28(10-6-13)22-26-19-14-3-7-23-11-16(14)18-15(20(19)31-22)4-8-24-21(18)30/h3-4,7-8,11,13H,5-6,9-10,12H2,1-2H3,(H,24,30)(H,25,29). The lowest BCUT2D eigenvalue weighted by Gasteiger charge is -2.32. The van der Waals surface area contributed by atoms with Gasteiger partial charge < -0.3 is 20.1 Å². The van der Waals surface area contributed by atoms with Crippen molar-refractivity contribution in [2.45, 2.75) is 18.9 Å². The van der Waals surface area contributed by atoms with E-state index in [9.17, 15) is 9.59 Å². The first kappa shape index (κ1) is 19.9. The molecule has 4 aromatic rings. The lowest BCUT2D eigenvalue weighted by molar-refractivity contribution is -0.122. The number of amides is 1. The molecule has 5 rings (SSSR count). The Morgan fingerprint density at radius 3 is 2.84 bits per heavy atom. The Morgan fingerprint density at radius 1 is 1.26 bits per heavy atom. The van der Waals surface area contributed by atoms with Gasteiger partial charge in [-0.15, -0.1) is 0 Å². The maximum absolute atomic E-state index is 12.6. The smallest absolute Gasteiger partial charge is 0.256 e. The predicted octanol–water partition coefficient (Wildman–Crippen LogP) is 2.33. The Morgan fingerprint density at radius 2 is 2.06 bits per heavy atom. The number of aromatic amines is 1. The summed E-state index contributed by atoms with van der Waals surface area (Å²) in [5, 5.41) is 7.44. The maximum atomic E-state index is 12.6. The van der Waals surface area contributed by atoms with Crippen molar-refractivity contribution >= 4 is 54.1 Å². The summed E-state index contributed by atoms with van der Waals surface area (Å²) in [6, 6.07) is 4.07. The van der Waals surface area contributed by atoms with E-state index in [0.29, 0.717) is 11.9 Å². The van der Waals surface area contributed by atoms with Crippen LogP contribution < -0.4 is 15.8 Å². The molecular formula is C22H24N6O2S. The average molecular weight is 437 g/mol. The van der Waals surface area contributed by atoms with Crippen molar-refractivity contribution in [1.29, 1.82) is 0 Å². The van der Waals surface area contributed by atoms with E-state index >= 15 is 0 Å². The molecule has 0 radical (unpaired) electrons. The molecule has 4 heterocycles. The number of carbonyl (C=O) groups excluding carboxylic acids is 1. The van der Waals surface area contributed by atoms with Gasteiger partial charge in [-0.1, -0.05) is 11.3 Å². The van der Waals surface area contributed by atoms with Gasteiger partial charge in [-0.25, -0.2) is 4.98 Å². The van der Waals surface area contributed by atoms with E-state index in [1.165, 1.54) is 0 Å². The fourth-order valence-corrected chi connectivity index (χ4v) is 5.48. The number of anilines is 1. The highest BCUT2D eigenvalue weighted by Crippen LogP contribution is 2.39. The van der Waals surface area contributed by atoms with Crippen LogP contribution in [-0.2, 0) is 4.79 Å². The zero-order valence-corrected chi connectivity index (χ0v) is 18.3. The Hall–Kier alpha value is -3.04. The second-order valence-corrected chi connectivity index (χ2v) is 9.24. The Kier molecular flexibility index (Phi) is 5.07. The van der Waals surface area contributed by atoms with Gasteiger partial charge in [-0.3, -0.25) is 14.6 Å². The van der Waals surface area contributed by atoms with E-state index in [1.807, 2.05) is 31.1 Å². The lowest BCUT2D eigenvalue weighted by Crippen LogP contribution is -2.46. The topological polar surface area (TPSA) is 94.2 Å². The van der Waals surface area contributed by atoms with Gasteiger partial charge in [0, 0.05) is 53.9 Å². The van der Waals surface area contributed by atoms with Crippen LogP contribution in [0.1, 0.15) is 12.8 Å². The number of carbonyl (C=O) groups is 1. The number of thiazole rings is 1. The summed E-state index contributed by atoms with van der Waals surface area (Å²) in [5.74, 6) is 0.0696. The quantitative estimate of drug-likeness (QED) is 0.477. The second kappa shape index (κ2) is 7.90. The van der Waals surface area contributed by atoms with Crippen molar-refractivity contribution in [2.75, 3.05) is 38.6 Å². The maximum Gasteiger partial charge on any atom is 0.256 e. The van der Waals surface area contributed by atoms with Gasteiger partial charge in [0.15, 0.2) is 5.13 Å². The van der Waals surface area contributed by atoms with Crippen molar-refractivity contribution in [3.63, 3.8) is 0 Å². The van der Waals surface area contributed by atoms with Crippen LogP contribution >= 0.6 is 11.3 Å². The van der Waals surface area contributed by atoms with Gasteiger partial charge in [0.05, 0.1) is 22.1 Å². The minimum absolute atomic E-state index is 0.0696. The first-order chi connectivity index (χ1) is 15.0. The van der Waals surface area contributed by atoms with Gasteiger partial charge in [-0.05, 0) is 39.1 Å². The molecule has 8 nitrogen and oxygen atoms in total. The monoisotopic (exact) mass is 436 g/mol. The predicted molar refractivity (Wildman–Crippen MR) is 125 cm³/mol. The first-order valence-corrected chi connectivity index (χ1v) is 11.2. The largest absolute Gasteiger partial charge is 0.352 e. The van der Waals surface area contributed by atoms with Crippen LogP contribution in [0.2, 0.25) is 0 Å². The number of fused-ring (bicyclic) bond motifs is 6. The Bertz CT molecular complexity index is 1340. The van der Waals surface area contributed by atoms with E-state index in [-0.39, 0.29) is 17.5 Å². The van der Waals surface area contributed by atoms with Gasteiger partial charge in [0.25, 0.3) is 5.56 Å². The van der Waals surface area contributed by atoms with E-state index in [2.05, 4.69) is 20.2 Å². The van der Waals surface area contributed by atoms with E-state index in [4.69, 9.17) is 4.98 Å². The number of H-pyrrole nitrogens is 1. The first-order valence-electron chi connectivity index (χ1n) is 10.4. The van der Waals surface area contributed by atoms with Gasteiger partial charge in [0.1, 0.15) is 0 Å². The second-order valence-electron chi connectivity index (χ2n) is 8.26. The van der Waals surface area contributed by atoms with Crippen molar-refractivity contribution in [1.82, 2.24) is 25.2 Å². The summed E-state index contributed by atoms with van der Waals surface area (Å²) in [7, 11) is 3.79. The summed E-state index contributed by atoms with van der Waals surface area (Å²) >= 11 is 1.63. The van der Waals surface area contributed by atoms with Crippen LogP contribution in [0.3, 0.4) is 0 Å². The number of benzene rings is 1. The van der Waals surface area contributed by atoms with Crippen LogP contribution in [-0.4, -0.2) is 65.5 Å². The number of nitrogens with zero attached hydrogens (tertiary/aromatic N) is 4. The number of nitrogens with one attached hydrogen (secondary N) is 2. The molecule has 31 heavy (non-hydrogen) atoms. The van der Waals surface area contributed by atoms with Crippen molar-refractivity contribution in [3.8, 4) is 0 Å². The van der Waals surface area contributed by atoms with Crippen molar-refractivity contribution in [2.24, 2.45) is 0 Å². The molecule has 9 heteroatoms. The molecule has 1 saturated heterocycles. The number of likely N-dealkylation sites (N-methyl/N-ethyl adjacent to an activating group) is 1. The summed E-state index contributed by atoms with van der Waals surface area (Å²) in [5.41, 5.74) is 0.804. The Labute approximate surface area is 182 Å². The summed E-state index contributed by atoms with van der Waals surface area (Å²) in [4.78, 5) is 40.8. The number of hydrogen-bond acceptors (Lipinski definition) is 7. The normalized spacial score (nSPS) is 15.4. The zero-order valence-electron chi connectivity index (χ0n) is 17.5. The van der Waals surface area contributed by atoms with Gasteiger partial charge in [-0.2, -0.15) is 0 Å². The summed E-state index contributed by atoms with van der Waals surface area (Å²) < 4.78 is 1.02. The molecule has 2 N–H and O–H groups in total. The van der Waals surface area contributed by atoms with Crippen molar-refractivity contribution in [3.05, 3.63) is 41.1 Å². The number of rotatable bonds is 4. The fourth-order valence-electron chi connectivity index (χ4n) is 4.32. The highest BCUT2D eigenvalue weighted by atomic mass is 32.1. The highest BCUT2D eigenvalue weighted by Gasteiger charge is 2.24. The van der Waals surface area contributed by atoms with Gasteiger partial charge in [0.2, 0.25) is 5.91 Å². The van der Waals surface area contributed by atoms with E-state index < -0.39 is 0 Å². The number of piperidine rings is 1. The third-order valence-electron chi connectivity index (χ3n) is 5.76. The highest BCUT2D eigenvalue weighted by molar-refractivity contribution is 7.23. The molecule has 0 atom stereocenters. The summed E-state index contributed by atoms with van der Waals surface area (Å²) in [6.45, 7) is 2.09. The SMILES string of the molecule is CN(C)CC(=O)NC1CCN(c2nc3c4ccncc4c4c(=O)[nH]ccc4c3s2)CC1. The van der Waals surface area contributed by atoms with Gasteiger partial charge >= 0.3 is 0 Å². The molecule has 0 bridgehead atoms. The molecule has 0 unspecified atom stereocenters. The van der Waals surface area contributed by atoms with Crippen LogP contribution in [0.4, 0.5) is 5.13 Å². The van der Waals surface area contributed by atoms with Crippen LogP contribution in [0.15, 0.2) is 35.5 Å². The third kappa shape index (κ3) is 3.64. The van der Waals surface area contributed by atoms with Crippen molar-refractivity contribution < 1.29 is 4.79 Å². The molecule has 1 fully saturated rings. The average Bonchev–Trinajstić information content (AvgIpc) is 3.20. The fraction of sp³-hybridized carbons (Fsp3) is 0.364. The molecule has 1 amide bonds. The molecule has 160 valence electrons. The molecule has 0 spiro atoms. The number of hydrogen-bond donors (Lipinski definition) is 2. The molecule has 0 saturated carbocycles. The van der Waals surface area contributed by atoms with E-state index in [0.717, 1.165) is 57.4 Å². The van der Waals surface area contributed by atoms with Crippen LogP contribution in [0.25, 0.3) is 31.8 Å². The molecular weight excluding hydrogens is 412 g/mol. The third-order valence-corrected chi connectivity index (χ3v) is 6.91. The molecule has 1 aromatic carbocycles. The Balaban J connectivity index is 1.47. The lowest BCUT2D eigenvalue weighted by atomic mass is 10.0. The molecule has 1 aliphatic rings. The zero-order chi connectivity index (χ0) is 21.5. The molecule has 0 aliphatic carbocycles. The molecule has 1 aliphatic heterocycles. The minimum atomic E-state index is -0.110. The number of aromatic nitrogens is 3. The van der Waals surface area contributed by atoms with E-state index in [1.54, 1.807) is 29.9 Å². The molecule has 3 aromatic heterocycles.